The van der Waals surface area contributed by atoms with E-state index in [9.17, 15) is 40.3 Å². The van der Waals surface area contributed by atoms with E-state index in [0.29, 0.717) is 10.8 Å². The molecule has 1 saturated heterocycles. The van der Waals surface area contributed by atoms with E-state index in [2.05, 4.69) is 9.47 Å². The summed E-state index contributed by atoms with van der Waals surface area (Å²) in [5, 5.41) is 8.99. The van der Waals surface area contributed by atoms with Gasteiger partial charge in [0, 0.05) is 12.6 Å². The molecule has 1 aromatic rings. The van der Waals surface area contributed by atoms with Gasteiger partial charge in [0.05, 0.1) is 12.2 Å². The molecule has 0 aromatic carbocycles. The second kappa shape index (κ2) is 8.81. The van der Waals surface area contributed by atoms with Crippen LogP contribution in [0.4, 0.5) is 30.7 Å². The molecular weight excluding hydrogens is 425 g/mol. The lowest BCUT2D eigenvalue weighted by atomic mass is 10.2. The predicted octanol–water partition coefficient (Wildman–Crippen LogP) is 1.31. The van der Waals surface area contributed by atoms with Crippen molar-refractivity contribution >= 4 is 0 Å². The van der Waals surface area contributed by atoms with Crippen LogP contribution in [0.1, 0.15) is 24.5 Å². The molecule has 1 aliphatic rings. The zero-order valence-corrected chi connectivity index (χ0v) is 14.3. The Kier molecular flexibility index (Phi) is 7.08. The Bertz CT molecular complexity index is 787. The number of H-pyrrole nitrogens is 1. The SMILES string of the molecule is O=c1[nH]c(=O)n(C2CC(F)C(CO)O2)cc1C(OCC(F)(F)F)OCC(F)(F)F. The standard InChI is InChI=1S/C14H15F7N2O6/c15-7-1-9(29-8(7)3-24)23-2-6(10(25)22-12(23)26)11(27-4-13(16,17)18)28-5-14(19,20)21/h2,7-9,11,24H,1,3-5H2,(H,22,25,26). The van der Waals surface area contributed by atoms with E-state index in [1.165, 1.54) is 0 Å². The molecule has 0 amide bonds. The molecule has 1 aliphatic heterocycles. The fourth-order valence-electron chi connectivity index (χ4n) is 2.47. The minimum absolute atomic E-state index is 0.464. The minimum atomic E-state index is -4.95. The maximum Gasteiger partial charge on any atom is 0.411 e. The highest BCUT2D eigenvalue weighted by Gasteiger charge is 2.38. The maximum absolute atomic E-state index is 13.7. The van der Waals surface area contributed by atoms with E-state index in [4.69, 9.17) is 9.84 Å². The fourth-order valence-corrected chi connectivity index (χ4v) is 2.47. The van der Waals surface area contributed by atoms with Crippen molar-refractivity contribution in [2.75, 3.05) is 19.8 Å². The van der Waals surface area contributed by atoms with Crippen LogP contribution in [0.3, 0.4) is 0 Å². The normalized spacial score (nSPS) is 23.1. The maximum atomic E-state index is 13.7. The van der Waals surface area contributed by atoms with Crippen LogP contribution in [-0.2, 0) is 14.2 Å². The second-order valence-corrected chi connectivity index (χ2v) is 6.00. The highest BCUT2D eigenvalue weighted by molar-refractivity contribution is 5.07. The van der Waals surface area contributed by atoms with Crippen LogP contribution >= 0.6 is 0 Å². The van der Waals surface area contributed by atoms with Crippen molar-refractivity contribution in [3.63, 3.8) is 0 Å². The van der Waals surface area contributed by atoms with Gasteiger partial charge in [0.2, 0.25) is 0 Å². The number of nitrogens with one attached hydrogen (secondary N) is 1. The monoisotopic (exact) mass is 440 g/mol. The topological polar surface area (TPSA) is 103 Å². The van der Waals surface area contributed by atoms with Gasteiger partial charge in [0.25, 0.3) is 5.56 Å². The van der Waals surface area contributed by atoms with E-state index < -0.39 is 80.2 Å². The summed E-state index contributed by atoms with van der Waals surface area (Å²) in [4.78, 5) is 25.5. The number of aromatic nitrogens is 2. The molecule has 0 aliphatic carbocycles. The van der Waals surface area contributed by atoms with Crippen molar-refractivity contribution in [2.45, 2.75) is 43.6 Å². The summed E-state index contributed by atoms with van der Waals surface area (Å²) >= 11 is 0. The molecule has 15 heteroatoms. The number of alkyl halides is 7. The largest absolute Gasteiger partial charge is 0.411 e. The molecule has 166 valence electrons. The fraction of sp³-hybridized carbons (Fsp3) is 0.714. The van der Waals surface area contributed by atoms with Gasteiger partial charge < -0.3 is 19.3 Å². The molecule has 8 nitrogen and oxygen atoms in total. The minimum Gasteiger partial charge on any atom is -0.394 e. The number of nitrogens with zero attached hydrogens (tertiary/aromatic N) is 1. The smallest absolute Gasteiger partial charge is 0.394 e. The summed E-state index contributed by atoms with van der Waals surface area (Å²) in [5.74, 6) is 0. The van der Waals surface area contributed by atoms with Crippen molar-refractivity contribution < 1.29 is 50.1 Å². The number of aromatic amines is 1. The van der Waals surface area contributed by atoms with E-state index in [1.54, 1.807) is 4.98 Å². The molecule has 2 rings (SSSR count). The van der Waals surface area contributed by atoms with Gasteiger partial charge in [0.1, 0.15) is 31.7 Å². The van der Waals surface area contributed by atoms with Gasteiger partial charge in [-0.25, -0.2) is 9.18 Å². The number of hydrogen-bond acceptors (Lipinski definition) is 6. The molecule has 2 heterocycles. The molecular formula is C14H15F7N2O6. The van der Waals surface area contributed by atoms with Crippen molar-refractivity contribution in [3.8, 4) is 0 Å². The van der Waals surface area contributed by atoms with Gasteiger partial charge in [0.15, 0.2) is 6.29 Å². The average Bonchev–Trinajstić information content (AvgIpc) is 2.94. The Labute approximate surface area is 156 Å². The number of hydrogen-bond donors (Lipinski definition) is 2. The second-order valence-electron chi connectivity index (χ2n) is 6.00. The third kappa shape index (κ3) is 6.52. The number of halogens is 7. The number of aliphatic hydroxyl groups excluding tert-OH is 1. The average molecular weight is 440 g/mol. The van der Waals surface area contributed by atoms with Gasteiger partial charge in [-0.05, 0) is 0 Å². The summed E-state index contributed by atoms with van der Waals surface area (Å²) in [6.07, 6.45) is -16.6. The summed E-state index contributed by atoms with van der Waals surface area (Å²) in [6, 6.07) is 0. The van der Waals surface area contributed by atoms with Crippen LogP contribution in [0.15, 0.2) is 15.8 Å². The summed E-state index contributed by atoms with van der Waals surface area (Å²) < 4.78 is 102. The summed E-state index contributed by atoms with van der Waals surface area (Å²) in [6.45, 7) is -4.84. The van der Waals surface area contributed by atoms with Crippen molar-refractivity contribution in [1.82, 2.24) is 9.55 Å². The van der Waals surface area contributed by atoms with Crippen molar-refractivity contribution in [1.29, 1.82) is 0 Å². The van der Waals surface area contributed by atoms with E-state index in [-0.39, 0.29) is 0 Å². The molecule has 3 atom stereocenters. The predicted molar refractivity (Wildman–Crippen MR) is 78.6 cm³/mol. The first kappa shape index (κ1) is 23.3. The first-order valence-electron chi connectivity index (χ1n) is 7.93. The van der Waals surface area contributed by atoms with Crippen molar-refractivity contribution in [2.24, 2.45) is 0 Å². The molecule has 0 saturated carbocycles. The van der Waals surface area contributed by atoms with Gasteiger partial charge in [-0.1, -0.05) is 0 Å². The Morgan fingerprint density at radius 1 is 1.17 bits per heavy atom. The van der Waals surface area contributed by atoms with E-state index in [1.807, 2.05) is 0 Å². The molecule has 1 aromatic heterocycles. The Morgan fingerprint density at radius 2 is 1.72 bits per heavy atom. The summed E-state index contributed by atoms with van der Waals surface area (Å²) in [5.41, 5.74) is -3.43. The third-order valence-corrected chi connectivity index (χ3v) is 3.70. The zero-order chi connectivity index (χ0) is 22.0. The van der Waals surface area contributed by atoms with Crippen LogP contribution < -0.4 is 11.2 Å². The van der Waals surface area contributed by atoms with Crippen LogP contribution in [-0.4, -0.2) is 59.1 Å². The zero-order valence-electron chi connectivity index (χ0n) is 14.3. The lowest BCUT2D eigenvalue weighted by molar-refractivity contribution is -0.262. The lowest BCUT2D eigenvalue weighted by Crippen LogP contribution is -2.37. The lowest BCUT2D eigenvalue weighted by Gasteiger charge is -2.21. The Balaban J connectivity index is 2.36. The Morgan fingerprint density at radius 3 is 2.17 bits per heavy atom. The van der Waals surface area contributed by atoms with Crippen LogP contribution in [0.2, 0.25) is 0 Å². The molecule has 29 heavy (non-hydrogen) atoms. The third-order valence-electron chi connectivity index (χ3n) is 3.70. The highest BCUT2D eigenvalue weighted by atomic mass is 19.4. The molecule has 3 unspecified atom stereocenters. The summed E-state index contributed by atoms with van der Waals surface area (Å²) in [7, 11) is 0. The van der Waals surface area contributed by atoms with Crippen molar-refractivity contribution in [3.05, 3.63) is 32.6 Å². The van der Waals surface area contributed by atoms with Gasteiger partial charge >= 0.3 is 18.0 Å². The van der Waals surface area contributed by atoms with Gasteiger partial charge in [-0.2, -0.15) is 26.3 Å². The van der Waals surface area contributed by atoms with Gasteiger partial charge in [-0.3, -0.25) is 14.3 Å². The number of ether oxygens (including phenoxy) is 3. The molecule has 2 N–H and O–H groups in total. The first-order valence-corrected chi connectivity index (χ1v) is 7.93. The molecule has 0 bridgehead atoms. The Hall–Kier alpha value is -1.97. The quantitative estimate of drug-likeness (QED) is 0.490. The number of rotatable bonds is 7. The van der Waals surface area contributed by atoms with Gasteiger partial charge in [-0.15, -0.1) is 0 Å². The molecule has 0 radical (unpaired) electrons. The van der Waals surface area contributed by atoms with Crippen LogP contribution in [0.25, 0.3) is 0 Å². The van der Waals surface area contributed by atoms with E-state index in [0.717, 1.165) is 0 Å². The highest BCUT2D eigenvalue weighted by Crippen LogP contribution is 2.30. The number of aliphatic hydroxyl groups is 1. The van der Waals surface area contributed by atoms with E-state index >= 15 is 0 Å². The molecule has 1 fully saturated rings. The molecule has 0 spiro atoms. The van der Waals surface area contributed by atoms with Crippen LogP contribution in [0, 0.1) is 0 Å². The van der Waals surface area contributed by atoms with Crippen LogP contribution in [0.5, 0.6) is 0 Å². The first-order chi connectivity index (χ1) is 13.3.